The smallest absolute Gasteiger partial charge is 0.225 e. The number of hydrogen-bond donors (Lipinski definition) is 0. The molecule has 0 aliphatic carbocycles. The Morgan fingerprint density at radius 3 is 2.46 bits per heavy atom. The molecule has 28 heavy (non-hydrogen) atoms. The number of nitrogens with zero attached hydrogens (tertiary/aromatic N) is 3. The van der Waals surface area contributed by atoms with Gasteiger partial charge in [-0.1, -0.05) is 28.9 Å². The van der Waals surface area contributed by atoms with Crippen molar-refractivity contribution in [2.45, 2.75) is 6.61 Å². The van der Waals surface area contributed by atoms with Crippen molar-refractivity contribution in [2.75, 3.05) is 14.2 Å². The summed E-state index contributed by atoms with van der Waals surface area (Å²) < 4.78 is 21.9. The Morgan fingerprint density at radius 2 is 1.71 bits per heavy atom. The molecule has 0 saturated carbocycles. The normalized spacial score (nSPS) is 10.8. The average Bonchev–Trinajstić information content (AvgIpc) is 3.20. The molecule has 4 aromatic rings. The molecule has 7 nitrogen and oxygen atoms in total. The van der Waals surface area contributed by atoms with Crippen LogP contribution in [0.5, 0.6) is 17.4 Å². The fourth-order valence-electron chi connectivity index (χ4n) is 2.75. The Hall–Kier alpha value is -3.32. The number of benzene rings is 2. The molecule has 0 saturated heterocycles. The first-order valence-corrected chi connectivity index (χ1v) is 8.77. The summed E-state index contributed by atoms with van der Waals surface area (Å²) >= 11 is 5.92. The Kier molecular flexibility index (Phi) is 4.99. The summed E-state index contributed by atoms with van der Waals surface area (Å²) in [4.78, 5) is 8.48. The zero-order valence-corrected chi connectivity index (χ0v) is 15.9. The van der Waals surface area contributed by atoms with Gasteiger partial charge in [0.1, 0.15) is 12.0 Å². The van der Waals surface area contributed by atoms with Crippen molar-refractivity contribution in [3.63, 3.8) is 0 Å². The Morgan fingerprint density at radius 1 is 0.964 bits per heavy atom. The lowest BCUT2D eigenvalue weighted by Crippen LogP contribution is -1.99. The van der Waals surface area contributed by atoms with Crippen LogP contribution in [0.3, 0.4) is 0 Å². The third kappa shape index (κ3) is 3.57. The van der Waals surface area contributed by atoms with Crippen molar-refractivity contribution < 1.29 is 18.7 Å². The van der Waals surface area contributed by atoms with Crippen LogP contribution in [-0.4, -0.2) is 29.3 Å². The molecule has 0 N–H and O–H groups in total. The van der Waals surface area contributed by atoms with E-state index in [9.17, 15) is 0 Å². The van der Waals surface area contributed by atoms with E-state index in [1.807, 2.05) is 18.2 Å². The number of halogens is 1. The van der Waals surface area contributed by atoms with Crippen LogP contribution in [0.1, 0.15) is 5.76 Å². The van der Waals surface area contributed by atoms with E-state index in [1.165, 1.54) is 6.33 Å². The summed E-state index contributed by atoms with van der Waals surface area (Å²) in [7, 11) is 3.14. The van der Waals surface area contributed by atoms with Crippen molar-refractivity contribution in [3.8, 4) is 28.6 Å². The number of ether oxygens (including phenoxy) is 3. The van der Waals surface area contributed by atoms with Crippen LogP contribution in [0.15, 0.2) is 53.3 Å². The molecule has 0 fully saturated rings. The van der Waals surface area contributed by atoms with Gasteiger partial charge in [-0.05, 0) is 18.2 Å². The molecule has 2 heterocycles. The highest BCUT2D eigenvalue weighted by Gasteiger charge is 2.13. The van der Waals surface area contributed by atoms with E-state index in [0.717, 1.165) is 5.56 Å². The first-order chi connectivity index (χ1) is 13.7. The van der Waals surface area contributed by atoms with Gasteiger partial charge in [-0.25, -0.2) is 9.97 Å². The molecule has 0 aliphatic heterocycles. The first kappa shape index (κ1) is 18.1. The summed E-state index contributed by atoms with van der Waals surface area (Å²) in [5.41, 5.74) is 2.29. The fraction of sp³-hybridized carbons (Fsp3) is 0.150. The second kappa shape index (κ2) is 7.74. The number of methoxy groups -OCH3 is 2. The molecule has 0 unspecified atom stereocenters. The zero-order chi connectivity index (χ0) is 19.5. The van der Waals surface area contributed by atoms with Gasteiger partial charge in [0.15, 0.2) is 23.9 Å². The maximum absolute atomic E-state index is 5.92. The molecule has 0 radical (unpaired) electrons. The summed E-state index contributed by atoms with van der Waals surface area (Å²) in [5.74, 6) is 2.13. The highest BCUT2D eigenvalue weighted by molar-refractivity contribution is 6.30. The molecule has 4 rings (SSSR count). The third-order valence-electron chi connectivity index (χ3n) is 4.15. The first-order valence-electron chi connectivity index (χ1n) is 8.39. The highest BCUT2D eigenvalue weighted by atomic mass is 35.5. The molecule has 142 valence electrons. The van der Waals surface area contributed by atoms with Crippen LogP contribution in [-0.2, 0) is 6.61 Å². The summed E-state index contributed by atoms with van der Waals surface area (Å²) in [6, 6.07) is 12.7. The minimum absolute atomic E-state index is 0.168. The largest absolute Gasteiger partial charge is 0.493 e. The SMILES string of the molecule is COc1cc2ncnc(OCc3cc(-c4ccc(Cl)cc4)no3)c2cc1OC. The number of fused-ring (bicyclic) bond motifs is 1. The molecule has 2 aromatic heterocycles. The second-order valence-corrected chi connectivity index (χ2v) is 6.31. The lowest BCUT2D eigenvalue weighted by atomic mass is 10.1. The summed E-state index contributed by atoms with van der Waals surface area (Å²) in [5, 5.41) is 5.44. The van der Waals surface area contributed by atoms with Crippen molar-refractivity contribution in [1.29, 1.82) is 0 Å². The minimum Gasteiger partial charge on any atom is -0.493 e. The van der Waals surface area contributed by atoms with Gasteiger partial charge in [-0.15, -0.1) is 0 Å². The lowest BCUT2D eigenvalue weighted by Gasteiger charge is -2.10. The number of aromatic nitrogens is 3. The summed E-state index contributed by atoms with van der Waals surface area (Å²) in [6.07, 6.45) is 1.43. The zero-order valence-electron chi connectivity index (χ0n) is 15.2. The van der Waals surface area contributed by atoms with Gasteiger partial charge < -0.3 is 18.7 Å². The lowest BCUT2D eigenvalue weighted by molar-refractivity contribution is 0.244. The monoisotopic (exact) mass is 397 g/mol. The van der Waals surface area contributed by atoms with Gasteiger partial charge >= 0.3 is 0 Å². The van der Waals surface area contributed by atoms with Gasteiger partial charge in [-0.3, -0.25) is 0 Å². The highest BCUT2D eigenvalue weighted by Crippen LogP contribution is 2.34. The average molecular weight is 398 g/mol. The molecular formula is C20H16ClN3O4. The Bertz CT molecular complexity index is 1110. The van der Waals surface area contributed by atoms with Crippen LogP contribution in [0.25, 0.3) is 22.2 Å². The van der Waals surface area contributed by atoms with Crippen LogP contribution in [0.4, 0.5) is 0 Å². The number of hydrogen-bond acceptors (Lipinski definition) is 7. The molecule has 0 amide bonds. The summed E-state index contributed by atoms with van der Waals surface area (Å²) in [6.45, 7) is 0.168. The van der Waals surface area contributed by atoms with Crippen LogP contribution >= 0.6 is 11.6 Å². The van der Waals surface area contributed by atoms with Gasteiger partial charge in [0.05, 0.1) is 25.1 Å². The van der Waals surface area contributed by atoms with E-state index in [-0.39, 0.29) is 6.61 Å². The van der Waals surface area contributed by atoms with E-state index in [1.54, 1.807) is 38.5 Å². The Balaban J connectivity index is 1.57. The van der Waals surface area contributed by atoms with Crippen molar-refractivity contribution in [2.24, 2.45) is 0 Å². The molecule has 0 bridgehead atoms. The van der Waals surface area contributed by atoms with Gasteiger partial charge in [0.2, 0.25) is 5.88 Å². The van der Waals surface area contributed by atoms with E-state index < -0.39 is 0 Å². The Labute approximate surface area is 165 Å². The topological polar surface area (TPSA) is 79.5 Å². The standard InChI is InChI=1S/C20H16ClN3O4/c1-25-18-8-15-17(9-19(18)26-2)22-11-23-20(15)27-10-14-7-16(24-28-14)12-3-5-13(21)6-4-12/h3-9,11H,10H2,1-2H3. The van der Waals surface area contributed by atoms with E-state index in [2.05, 4.69) is 15.1 Å². The molecule has 2 aromatic carbocycles. The molecule has 0 aliphatic rings. The van der Waals surface area contributed by atoms with Gasteiger partial charge in [0.25, 0.3) is 0 Å². The van der Waals surface area contributed by atoms with E-state index in [0.29, 0.717) is 44.8 Å². The predicted molar refractivity (Wildman–Crippen MR) is 104 cm³/mol. The number of rotatable bonds is 6. The third-order valence-corrected chi connectivity index (χ3v) is 4.41. The second-order valence-electron chi connectivity index (χ2n) is 5.88. The fourth-order valence-corrected chi connectivity index (χ4v) is 2.88. The van der Waals surface area contributed by atoms with Gasteiger partial charge in [0, 0.05) is 22.7 Å². The van der Waals surface area contributed by atoms with Crippen LogP contribution in [0, 0.1) is 0 Å². The molecule has 0 spiro atoms. The van der Waals surface area contributed by atoms with E-state index >= 15 is 0 Å². The molecule has 8 heteroatoms. The van der Waals surface area contributed by atoms with Crippen LogP contribution in [0.2, 0.25) is 5.02 Å². The predicted octanol–water partition coefficient (Wildman–Crippen LogP) is 4.53. The van der Waals surface area contributed by atoms with E-state index in [4.69, 9.17) is 30.3 Å². The van der Waals surface area contributed by atoms with Crippen molar-refractivity contribution in [3.05, 3.63) is 59.6 Å². The quantitative estimate of drug-likeness (QED) is 0.472. The molecule has 0 atom stereocenters. The minimum atomic E-state index is 0.168. The molecular weight excluding hydrogens is 382 g/mol. The maximum atomic E-state index is 5.92. The van der Waals surface area contributed by atoms with Crippen LogP contribution < -0.4 is 14.2 Å². The van der Waals surface area contributed by atoms with Crippen molar-refractivity contribution >= 4 is 22.5 Å². The van der Waals surface area contributed by atoms with Crippen molar-refractivity contribution in [1.82, 2.24) is 15.1 Å². The maximum Gasteiger partial charge on any atom is 0.225 e. The van der Waals surface area contributed by atoms with Gasteiger partial charge in [-0.2, -0.15) is 0 Å².